The highest BCUT2D eigenvalue weighted by Crippen LogP contribution is 2.36. The molecule has 3 heterocycles. The summed E-state index contributed by atoms with van der Waals surface area (Å²) in [5.41, 5.74) is 3.73. The number of rotatable bonds is 7. The standard InChI is InChI=1S/C29H29FN6O3/c1-34-12-3-4-20(16-34)18-39-28-27-32-11-13-36(27)26(25(33-28)21-7-5-19(15-31)6-8-21)22-9-10-23(24(30)14-22)17-35(2)29(37)38/h5-11,13-14,20H,3-4,12,16-18H2,1-2H3,(H,37,38)/t20-/m1/s1. The van der Waals surface area contributed by atoms with Crippen LogP contribution in [0.15, 0.2) is 54.9 Å². The van der Waals surface area contributed by atoms with Gasteiger partial charge >= 0.3 is 6.09 Å². The molecule has 9 nitrogen and oxygen atoms in total. The number of benzene rings is 2. The molecule has 10 heteroatoms. The first-order chi connectivity index (χ1) is 18.8. The Kier molecular flexibility index (Phi) is 7.43. The second-order valence-electron chi connectivity index (χ2n) is 9.95. The molecule has 0 bridgehead atoms. The van der Waals surface area contributed by atoms with E-state index in [0.717, 1.165) is 36.4 Å². The lowest BCUT2D eigenvalue weighted by Crippen LogP contribution is -2.34. The second-order valence-corrected chi connectivity index (χ2v) is 9.95. The summed E-state index contributed by atoms with van der Waals surface area (Å²) in [7, 11) is 3.50. The van der Waals surface area contributed by atoms with Crippen LogP contribution in [0.5, 0.6) is 5.88 Å². The Bertz CT molecular complexity index is 1550. The number of amides is 1. The van der Waals surface area contributed by atoms with Gasteiger partial charge in [-0.1, -0.05) is 24.3 Å². The Morgan fingerprint density at radius 2 is 2.03 bits per heavy atom. The van der Waals surface area contributed by atoms with Crippen molar-refractivity contribution in [1.29, 1.82) is 5.26 Å². The molecule has 0 unspecified atom stereocenters. The molecule has 1 aliphatic rings. The van der Waals surface area contributed by atoms with Gasteiger partial charge in [-0.3, -0.25) is 4.40 Å². The quantitative estimate of drug-likeness (QED) is 0.363. The number of ether oxygens (including phenoxy) is 1. The van der Waals surface area contributed by atoms with Crippen molar-refractivity contribution < 1.29 is 19.0 Å². The molecule has 2 aromatic carbocycles. The van der Waals surface area contributed by atoms with Crippen molar-refractivity contribution in [2.45, 2.75) is 19.4 Å². The van der Waals surface area contributed by atoms with Crippen LogP contribution in [0.25, 0.3) is 28.2 Å². The largest absolute Gasteiger partial charge is 0.475 e. The van der Waals surface area contributed by atoms with Gasteiger partial charge in [0.1, 0.15) is 5.82 Å². The Morgan fingerprint density at radius 3 is 2.72 bits per heavy atom. The number of piperidine rings is 1. The molecule has 39 heavy (non-hydrogen) atoms. The first kappa shape index (κ1) is 26.1. The lowest BCUT2D eigenvalue weighted by molar-refractivity contribution is 0.148. The van der Waals surface area contributed by atoms with Gasteiger partial charge in [-0.15, -0.1) is 0 Å². The van der Waals surface area contributed by atoms with Crippen molar-refractivity contribution in [1.82, 2.24) is 24.2 Å². The molecule has 2 aromatic heterocycles. The van der Waals surface area contributed by atoms with E-state index >= 15 is 4.39 Å². The third-order valence-corrected chi connectivity index (χ3v) is 7.04. The molecule has 1 amide bonds. The van der Waals surface area contributed by atoms with E-state index in [1.54, 1.807) is 48.8 Å². The zero-order chi connectivity index (χ0) is 27.5. The molecule has 0 saturated carbocycles. The topological polar surface area (TPSA) is 107 Å². The van der Waals surface area contributed by atoms with Gasteiger partial charge in [-0.25, -0.2) is 19.2 Å². The number of carboxylic acid groups (broad SMARTS) is 1. The number of carbonyl (C=O) groups is 1. The molecule has 0 spiro atoms. The number of fused-ring (bicyclic) bond motifs is 1. The van der Waals surface area contributed by atoms with Crippen molar-refractivity contribution in [2.24, 2.45) is 5.92 Å². The zero-order valence-electron chi connectivity index (χ0n) is 21.8. The summed E-state index contributed by atoms with van der Waals surface area (Å²) in [6.07, 6.45) is 4.50. The third-order valence-electron chi connectivity index (χ3n) is 7.04. The molecule has 4 aromatic rings. The number of imidazole rings is 1. The zero-order valence-corrected chi connectivity index (χ0v) is 21.8. The minimum Gasteiger partial charge on any atom is -0.475 e. The van der Waals surface area contributed by atoms with Gasteiger partial charge in [0.25, 0.3) is 5.88 Å². The Balaban J connectivity index is 1.59. The fourth-order valence-electron chi connectivity index (χ4n) is 4.99. The Labute approximate surface area is 225 Å². The average molecular weight is 529 g/mol. The summed E-state index contributed by atoms with van der Waals surface area (Å²) < 4.78 is 23.3. The summed E-state index contributed by atoms with van der Waals surface area (Å²) in [5.74, 6) is 0.238. The highest BCUT2D eigenvalue weighted by atomic mass is 19.1. The minimum absolute atomic E-state index is 0.0776. The molecule has 0 aliphatic carbocycles. The van der Waals surface area contributed by atoms with E-state index in [0.29, 0.717) is 46.6 Å². The first-order valence-electron chi connectivity index (χ1n) is 12.8. The van der Waals surface area contributed by atoms with E-state index in [-0.39, 0.29) is 12.1 Å². The van der Waals surface area contributed by atoms with Gasteiger partial charge in [-0.05, 0) is 44.6 Å². The summed E-state index contributed by atoms with van der Waals surface area (Å²) in [6.45, 7) is 2.46. The molecule has 1 fully saturated rings. The number of likely N-dealkylation sites (tertiary alicyclic amines) is 1. The van der Waals surface area contributed by atoms with Crippen LogP contribution in [-0.2, 0) is 6.54 Å². The van der Waals surface area contributed by atoms with Crippen molar-refractivity contribution in [2.75, 3.05) is 33.8 Å². The lowest BCUT2D eigenvalue weighted by Gasteiger charge is -2.29. The molecular weight excluding hydrogens is 499 g/mol. The summed E-state index contributed by atoms with van der Waals surface area (Å²) in [5, 5.41) is 18.4. The predicted octanol–water partition coefficient (Wildman–Crippen LogP) is 4.90. The van der Waals surface area contributed by atoms with Crippen molar-refractivity contribution in [3.63, 3.8) is 0 Å². The molecule has 200 valence electrons. The van der Waals surface area contributed by atoms with Crippen molar-refractivity contribution in [3.8, 4) is 34.5 Å². The lowest BCUT2D eigenvalue weighted by atomic mass is 9.99. The molecule has 0 radical (unpaired) electrons. The fourth-order valence-corrected chi connectivity index (χ4v) is 4.99. The maximum atomic E-state index is 15.2. The maximum absolute atomic E-state index is 15.2. The van der Waals surface area contributed by atoms with E-state index in [1.165, 1.54) is 13.1 Å². The molecule has 5 rings (SSSR count). The second kappa shape index (κ2) is 11.1. The van der Waals surface area contributed by atoms with Crippen LogP contribution in [-0.4, -0.2) is 69.2 Å². The summed E-state index contributed by atoms with van der Waals surface area (Å²) in [6, 6.07) is 13.9. The van der Waals surface area contributed by atoms with Gasteiger partial charge in [0.2, 0.25) is 5.65 Å². The maximum Gasteiger partial charge on any atom is 0.407 e. The molecule has 1 saturated heterocycles. The van der Waals surface area contributed by atoms with Crippen LogP contribution in [0.2, 0.25) is 0 Å². The summed E-state index contributed by atoms with van der Waals surface area (Å²) >= 11 is 0. The van der Waals surface area contributed by atoms with Crippen molar-refractivity contribution in [3.05, 3.63) is 71.8 Å². The van der Waals surface area contributed by atoms with E-state index < -0.39 is 11.9 Å². The van der Waals surface area contributed by atoms with Crippen LogP contribution in [0.4, 0.5) is 9.18 Å². The summed E-state index contributed by atoms with van der Waals surface area (Å²) in [4.78, 5) is 23.9. The van der Waals surface area contributed by atoms with E-state index in [1.807, 2.05) is 4.40 Å². The normalized spacial score (nSPS) is 15.7. The Hall–Kier alpha value is -4.49. The molecule has 1 atom stereocenters. The Morgan fingerprint density at radius 1 is 1.26 bits per heavy atom. The van der Waals surface area contributed by atoms with Gasteiger partial charge in [0.15, 0.2) is 0 Å². The number of halogens is 1. The van der Waals surface area contributed by atoms with Crippen LogP contribution < -0.4 is 4.74 Å². The minimum atomic E-state index is -1.14. The van der Waals surface area contributed by atoms with Crippen LogP contribution >= 0.6 is 0 Å². The fraction of sp³-hybridized carbons (Fsp3) is 0.310. The van der Waals surface area contributed by atoms with E-state index in [4.69, 9.17) is 9.72 Å². The van der Waals surface area contributed by atoms with Crippen LogP contribution in [0.3, 0.4) is 0 Å². The van der Waals surface area contributed by atoms with Gasteiger partial charge in [-0.2, -0.15) is 5.26 Å². The number of nitriles is 1. The SMILES string of the molecule is CN1CCC[C@@H](COc2nc(-c3ccc(C#N)cc3)c(-c3ccc(CN(C)C(=O)O)c(F)c3)n3ccnc23)C1. The van der Waals surface area contributed by atoms with Crippen LogP contribution in [0, 0.1) is 23.1 Å². The third kappa shape index (κ3) is 5.54. The van der Waals surface area contributed by atoms with Gasteiger partial charge in [0.05, 0.1) is 36.2 Å². The first-order valence-corrected chi connectivity index (χ1v) is 12.8. The smallest absolute Gasteiger partial charge is 0.407 e. The average Bonchev–Trinajstić information content (AvgIpc) is 3.42. The van der Waals surface area contributed by atoms with E-state index in [2.05, 4.69) is 23.0 Å². The number of nitrogens with zero attached hydrogens (tertiary/aromatic N) is 6. The number of hydrogen-bond donors (Lipinski definition) is 1. The predicted molar refractivity (Wildman–Crippen MR) is 144 cm³/mol. The molecular formula is C29H29FN6O3. The number of hydrogen-bond acceptors (Lipinski definition) is 6. The number of aromatic nitrogens is 3. The van der Waals surface area contributed by atoms with E-state index in [9.17, 15) is 15.2 Å². The molecule has 1 aliphatic heterocycles. The highest BCUT2D eigenvalue weighted by Gasteiger charge is 2.23. The van der Waals surface area contributed by atoms with Gasteiger partial charge in [0, 0.05) is 48.6 Å². The monoisotopic (exact) mass is 528 g/mol. The van der Waals surface area contributed by atoms with Crippen LogP contribution in [0.1, 0.15) is 24.0 Å². The van der Waals surface area contributed by atoms with Crippen molar-refractivity contribution >= 4 is 11.7 Å². The molecule has 1 N–H and O–H groups in total. The highest BCUT2D eigenvalue weighted by molar-refractivity contribution is 5.82. The van der Waals surface area contributed by atoms with Gasteiger partial charge < -0.3 is 19.6 Å².